The van der Waals surface area contributed by atoms with Crippen LogP contribution in [0.1, 0.15) is 34.9 Å². The van der Waals surface area contributed by atoms with Crippen LogP contribution >= 0.6 is 12.4 Å². The van der Waals surface area contributed by atoms with Crippen LogP contribution in [-0.2, 0) is 6.54 Å². The van der Waals surface area contributed by atoms with Crippen molar-refractivity contribution < 1.29 is 9.72 Å². The lowest BCUT2D eigenvalue weighted by molar-refractivity contribution is -0.385. The Kier molecular flexibility index (Phi) is 6.64. The molecule has 1 aromatic carbocycles. The highest BCUT2D eigenvalue weighted by Gasteiger charge is 2.22. The van der Waals surface area contributed by atoms with Crippen molar-refractivity contribution in [3.8, 4) is 0 Å². The van der Waals surface area contributed by atoms with E-state index in [4.69, 9.17) is 0 Å². The fraction of sp³-hybridized carbons (Fsp3) is 0.438. The van der Waals surface area contributed by atoms with Crippen molar-refractivity contribution in [1.29, 1.82) is 0 Å². The van der Waals surface area contributed by atoms with Crippen LogP contribution < -0.4 is 5.32 Å². The van der Waals surface area contributed by atoms with Crippen LogP contribution in [-0.4, -0.2) is 50.9 Å². The first-order valence-corrected chi connectivity index (χ1v) is 8.16. The van der Waals surface area contributed by atoms with Crippen molar-refractivity contribution >= 4 is 24.0 Å². The standard InChI is InChI=1S/C16H20N6O3.ClH/c1-20(10-12-4-2-3-5-15(12)22(24)25)16(23)14-11-21(19-18-14)13-6-8-17-9-7-13;/h2-5,11,13,17H,6-10H2,1H3;1H. The highest BCUT2D eigenvalue weighted by molar-refractivity contribution is 5.91. The van der Waals surface area contributed by atoms with E-state index in [1.807, 2.05) is 0 Å². The summed E-state index contributed by atoms with van der Waals surface area (Å²) in [5.74, 6) is -0.307. The molecule has 1 amide bonds. The second-order valence-electron chi connectivity index (χ2n) is 6.11. The average Bonchev–Trinajstić information content (AvgIpc) is 3.12. The number of hydrogen-bond donors (Lipinski definition) is 1. The van der Waals surface area contributed by atoms with Crippen LogP contribution in [0.25, 0.3) is 0 Å². The Bertz CT molecular complexity index is 775. The number of hydrogen-bond acceptors (Lipinski definition) is 6. The molecule has 0 spiro atoms. The first kappa shape index (κ1) is 19.8. The van der Waals surface area contributed by atoms with Crippen LogP contribution in [0.5, 0.6) is 0 Å². The van der Waals surface area contributed by atoms with Crippen LogP contribution in [0, 0.1) is 10.1 Å². The van der Waals surface area contributed by atoms with E-state index in [0.29, 0.717) is 5.56 Å². The lowest BCUT2D eigenvalue weighted by Gasteiger charge is -2.22. The zero-order valence-electron chi connectivity index (χ0n) is 14.4. The lowest BCUT2D eigenvalue weighted by atomic mass is 10.1. The number of para-hydroxylation sites is 1. The molecule has 1 saturated heterocycles. The first-order valence-electron chi connectivity index (χ1n) is 8.16. The summed E-state index contributed by atoms with van der Waals surface area (Å²) in [5, 5.41) is 22.4. The van der Waals surface area contributed by atoms with Gasteiger partial charge in [-0.05, 0) is 25.9 Å². The molecule has 3 rings (SSSR count). The molecule has 1 aliphatic rings. The first-order chi connectivity index (χ1) is 12.1. The van der Waals surface area contributed by atoms with E-state index in [1.165, 1.54) is 11.0 Å². The minimum Gasteiger partial charge on any atom is -0.336 e. The average molecular weight is 381 g/mol. The molecule has 1 N–H and O–H groups in total. The summed E-state index contributed by atoms with van der Waals surface area (Å²) in [4.78, 5) is 24.6. The summed E-state index contributed by atoms with van der Waals surface area (Å²) in [6.07, 6.45) is 3.56. The maximum atomic E-state index is 12.6. The van der Waals surface area contributed by atoms with Crippen LogP contribution in [0.2, 0.25) is 0 Å². The molecule has 0 atom stereocenters. The van der Waals surface area contributed by atoms with Crippen molar-refractivity contribution in [3.05, 3.63) is 51.8 Å². The molecule has 26 heavy (non-hydrogen) atoms. The number of halogens is 1. The number of aromatic nitrogens is 3. The summed E-state index contributed by atoms with van der Waals surface area (Å²) in [6, 6.07) is 6.65. The molecular weight excluding hydrogens is 360 g/mol. The zero-order chi connectivity index (χ0) is 17.8. The molecule has 0 unspecified atom stereocenters. The minimum absolute atomic E-state index is 0. The number of benzene rings is 1. The zero-order valence-corrected chi connectivity index (χ0v) is 15.2. The largest absolute Gasteiger partial charge is 0.336 e. The van der Waals surface area contributed by atoms with Gasteiger partial charge in [0.25, 0.3) is 11.6 Å². The fourth-order valence-corrected chi connectivity index (χ4v) is 2.97. The lowest BCUT2D eigenvalue weighted by Crippen LogP contribution is -2.29. The smallest absolute Gasteiger partial charge is 0.276 e. The van der Waals surface area contributed by atoms with E-state index < -0.39 is 4.92 Å². The second-order valence-corrected chi connectivity index (χ2v) is 6.11. The number of piperidine rings is 1. The summed E-state index contributed by atoms with van der Waals surface area (Å²) in [5.41, 5.74) is 0.731. The highest BCUT2D eigenvalue weighted by atomic mass is 35.5. The van der Waals surface area contributed by atoms with Gasteiger partial charge < -0.3 is 10.2 Å². The van der Waals surface area contributed by atoms with Gasteiger partial charge in [0.2, 0.25) is 0 Å². The van der Waals surface area contributed by atoms with Gasteiger partial charge in [-0.15, -0.1) is 17.5 Å². The topological polar surface area (TPSA) is 106 Å². The van der Waals surface area contributed by atoms with Gasteiger partial charge in [0, 0.05) is 18.7 Å². The molecular formula is C16H21ClN6O3. The van der Waals surface area contributed by atoms with Crippen LogP contribution in [0.3, 0.4) is 0 Å². The van der Waals surface area contributed by atoms with E-state index in [2.05, 4.69) is 15.6 Å². The van der Waals surface area contributed by atoms with Crippen molar-refractivity contribution in [2.45, 2.75) is 25.4 Å². The number of amides is 1. The third-order valence-electron chi connectivity index (χ3n) is 4.35. The van der Waals surface area contributed by atoms with Crippen molar-refractivity contribution in [2.24, 2.45) is 0 Å². The Balaban J connectivity index is 0.00000243. The predicted molar refractivity (Wildman–Crippen MR) is 97.3 cm³/mol. The summed E-state index contributed by atoms with van der Waals surface area (Å²) < 4.78 is 1.74. The van der Waals surface area contributed by atoms with Gasteiger partial charge in [-0.1, -0.05) is 23.4 Å². The highest BCUT2D eigenvalue weighted by Crippen LogP contribution is 2.20. The fourth-order valence-electron chi connectivity index (χ4n) is 2.97. The molecule has 1 fully saturated rings. The normalized spacial score (nSPS) is 14.5. The number of nitro benzene ring substituents is 1. The van der Waals surface area contributed by atoms with Crippen molar-refractivity contribution in [1.82, 2.24) is 25.2 Å². The Morgan fingerprint density at radius 1 is 1.38 bits per heavy atom. The summed E-state index contributed by atoms with van der Waals surface area (Å²) >= 11 is 0. The number of nitro groups is 1. The van der Waals surface area contributed by atoms with Crippen molar-refractivity contribution in [3.63, 3.8) is 0 Å². The Labute approximate surface area is 156 Å². The van der Waals surface area contributed by atoms with Crippen molar-refractivity contribution in [2.75, 3.05) is 20.1 Å². The van der Waals surface area contributed by atoms with Gasteiger partial charge in [0.05, 0.1) is 23.7 Å². The summed E-state index contributed by atoms with van der Waals surface area (Å²) in [6.45, 7) is 1.98. The van der Waals surface area contributed by atoms with Gasteiger partial charge >= 0.3 is 0 Å². The molecule has 140 valence electrons. The molecule has 10 heteroatoms. The number of nitrogens with zero attached hydrogens (tertiary/aromatic N) is 5. The molecule has 1 aromatic heterocycles. The van der Waals surface area contributed by atoms with Crippen LogP contribution in [0.15, 0.2) is 30.5 Å². The molecule has 2 aromatic rings. The maximum Gasteiger partial charge on any atom is 0.276 e. The third kappa shape index (κ3) is 4.36. The van der Waals surface area contributed by atoms with Gasteiger partial charge in [-0.3, -0.25) is 14.9 Å². The number of nitrogens with one attached hydrogen (secondary N) is 1. The van der Waals surface area contributed by atoms with Gasteiger partial charge in [-0.25, -0.2) is 4.68 Å². The van der Waals surface area contributed by atoms with E-state index in [-0.39, 0.29) is 42.3 Å². The van der Waals surface area contributed by atoms with E-state index in [9.17, 15) is 14.9 Å². The third-order valence-corrected chi connectivity index (χ3v) is 4.35. The Hall–Kier alpha value is -2.52. The predicted octanol–water partition coefficient (Wildman–Crippen LogP) is 1.80. The quantitative estimate of drug-likeness (QED) is 0.626. The number of carbonyl (C=O) groups is 1. The van der Waals surface area contributed by atoms with Gasteiger partial charge in [-0.2, -0.15) is 0 Å². The molecule has 0 aliphatic carbocycles. The van der Waals surface area contributed by atoms with Gasteiger partial charge in [0.15, 0.2) is 5.69 Å². The minimum atomic E-state index is -0.443. The van der Waals surface area contributed by atoms with Crippen LogP contribution in [0.4, 0.5) is 5.69 Å². The SMILES string of the molecule is CN(Cc1ccccc1[N+](=O)[O-])C(=O)c1cn(C2CCNCC2)nn1.Cl. The van der Waals surface area contributed by atoms with Gasteiger partial charge in [0.1, 0.15) is 0 Å². The maximum absolute atomic E-state index is 12.6. The monoisotopic (exact) mass is 380 g/mol. The number of carbonyl (C=O) groups excluding carboxylic acids is 1. The molecule has 2 heterocycles. The van der Waals surface area contributed by atoms with E-state index >= 15 is 0 Å². The van der Waals surface area contributed by atoms with E-state index in [0.717, 1.165) is 25.9 Å². The van der Waals surface area contributed by atoms with E-state index in [1.54, 1.807) is 36.1 Å². The second kappa shape index (κ2) is 8.72. The molecule has 0 radical (unpaired) electrons. The molecule has 0 saturated carbocycles. The number of rotatable bonds is 5. The Morgan fingerprint density at radius 3 is 2.77 bits per heavy atom. The molecule has 0 bridgehead atoms. The molecule has 1 aliphatic heterocycles. The molecule has 9 nitrogen and oxygen atoms in total. The summed E-state index contributed by atoms with van der Waals surface area (Å²) in [7, 11) is 1.60. The Morgan fingerprint density at radius 2 is 2.08 bits per heavy atom.